The zero-order chi connectivity index (χ0) is 13.8. The van der Waals surface area contributed by atoms with E-state index in [1.165, 1.54) is 0 Å². The highest BCUT2D eigenvalue weighted by atomic mass is 35.5. The van der Waals surface area contributed by atoms with Gasteiger partial charge in [0, 0.05) is 22.0 Å². The summed E-state index contributed by atoms with van der Waals surface area (Å²) < 4.78 is 0. The number of anilines is 2. The summed E-state index contributed by atoms with van der Waals surface area (Å²) in [6.07, 6.45) is 1.67. The molecule has 0 aliphatic rings. The van der Waals surface area contributed by atoms with Crippen LogP contribution in [-0.2, 0) is 6.42 Å². The number of benzene rings is 1. The molecule has 5 heteroatoms. The van der Waals surface area contributed by atoms with Gasteiger partial charge in [0.25, 0.3) is 5.56 Å². The van der Waals surface area contributed by atoms with Gasteiger partial charge in [-0.05, 0) is 37.6 Å². The lowest BCUT2D eigenvalue weighted by Gasteiger charge is -2.08. The standard InChI is InChI=1S/C14H16ClN3O/c1-3-4-12-9(2)16-14(18-13(12)19)17-11-7-5-10(15)6-8-11/h5-8H,3-4H2,1-2H3,(H2,16,17,18,19). The van der Waals surface area contributed by atoms with Gasteiger partial charge in [-0.25, -0.2) is 4.98 Å². The van der Waals surface area contributed by atoms with Crippen molar-refractivity contribution in [1.82, 2.24) is 9.97 Å². The number of hydrogen-bond donors (Lipinski definition) is 2. The number of rotatable bonds is 4. The number of nitrogens with zero attached hydrogens (tertiary/aromatic N) is 1. The quantitative estimate of drug-likeness (QED) is 0.900. The SMILES string of the molecule is CCCc1c(C)nc(Nc2ccc(Cl)cc2)[nH]c1=O. The first-order chi connectivity index (χ1) is 9.10. The molecule has 0 radical (unpaired) electrons. The van der Waals surface area contributed by atoms with Crippen LogP contribution in [-0.4, -0.2) is 9.97 Å². The van der Waals surface area contributed by atoms with E-state index in [-0.39, 0.29) is 5.56 Å². The number of nitrogens with one attached hydrogen (secondary N) is 2. The third kappa shape index (κ3) is 3.35. The van der Waals surface area contributed by atoms with E-state index in [1.807, 2.05) is 26.0 Å². The zero-order valence-electron chi connectivity index (χ0n) is 11.0. The Morgan fingerprint density at radius 1 is 1.32 bits per heavy atom. The molecule has 2 aromatic rings. The van der Waals surface area contributed by atoms with Crippen molar-refractivity contribution >= 4 is 23.2 Å². The summed E-state index contributed by atoms with van der Waals surface area (Å²) in [7, 11) is 0. The molecule has 0 aliphatic heterocycles. The molecule has 1 aromatic heterocycles. The summed E-state index contributed by atoms with van der Waals surface area (Å²) in [6.45, 7) is 3.89. The van der Waals surface area contributed by atoms with E-state index < -0.39 is 0 Å². The van der Waals surface area contributed by atoms with Crippen LogP contribution in [0.15, 0.2) is 29.1 Å². The lowest BCUT2D eigenvalue weighted by molar-refractivity contribution is 0.868. The molecule has 2 rings (SSSR count). The maximum absolute atomic E-state index is 11.9. The Bertz CT molecular complexity index is 620. The number of H-pyrrole nitrogens is 1. The predicted molar refractivity (Wildman–Crippen MR) is 78.3 cm³/mol. The molecule has 0 saturated carbocycles. The van der Waals surface area contributed by atoms with Crippen molar-refractivity contribution in [2.75, 3.05) is 5.32 Å². The molecule has 1 heterocycles. The van der Waals surface area contributed by atoms with Crippen molar-refractivity contribution in [2.45, 2.75) is 26.7 Å². The molecule has 0 atom stereocenters. The summed E-state index contributed by atoms with van der Waals surface area (Å²) in [5, 5.41) is 3.72. The molecule has 1 aromatic carbocycles. The van der Waals surface area contributed by atoms with Crippen LogP contribution in [0.25, 0.3) is 0 Å². The molecule has 2 N–H and O–H groups in total. The third-order valence-corrected chi connectivity index (χ3v) is 3.08. The Hall–Kier alpha value is -1.81. The topological polar surface area (TPSA) is 57.8 Å². The average molecular weight is 278 g/mol. The fourth-order valence-electron chi connectivity index (χ4n) is 1.88. The van der Waals surface area contributed by atoms with Crippen molar-refractivity contribution in [2.24, 2.45) is 0 Å². The molecule has 0 spiro atoms. The molecule has 0 aliphatic carbocycles. The van der Waals surface area contributed by atoms with Crippen LogP contribution in [0.1, 0.15) is 24.6 Å². The first-order valence-electron chi connectivity index (χ1n) is 6.22. The van der Waals surface area contributed by atoms with Gasteiger partial charge in [0.1, 0.15) is 0 Å². The molecule has 0 fully saturated rings. The van der Waals surface area contributed by atoms with Gasteiger partial charge in [-0.2, -0.15) is 0 Å². The van der Waals surface area contributed by atoms with Gasteiger partial charge >= 0.3 is 0 Å². The molecule has 0 bridgehead atoms. The summed E-state index contributed by atoms with van der Waals surface area (Å²) in [5.41, 5.74) is 2.27. The van der Waals surface area contributed by atoms with Crippen LogP contribution in [0.4, 0.5) is 11.6 Å². The molecule has 0 amide bonds. The summed E-state index contributed by atoms with van der Waals surface area (Å²) >= 11 is 5.82. The highest BCUT2D eigenvalue weighted by Gasteiger charge is 2.07. The Morgan fingerprint density at radius 3 is 2.58 bits per heavy atom. The van der Waals surface area contributed by atoms with Crippen molar-refractivity contribution in [3.05, 3.63) is 50.9 Å². The second-order valence-electron chi connectivity index (χ2n) is 4.36. The average Bonchev–Trinajstić information content (AvgIpc) is 2.37. The van der Waals surface area contributed by atoms with Gasteiger partial charge in [-0.3, -0.25) is 9.78 Å². The molecule has 4 nitrogen and oxygen atoms in total. The van der Waals surface area contributed by atoms with E-state index in [0.717, 1.165) is 29.8 Å². The van der Waals surface area contributed by atoms with Gasteiger partial charge in [0.2, 0.25) is 5.95 Å². The van der Waals surface area contributed by atoms with Crippen molar-refractivity contribution in [3.8, 4) is 0 Å². The van der Waals surface area contributed by atoms with E-state index in [4.69, 9.17) is 11.6 Å². The minimum Gasteiger partial charge on any atom is -0.326 e. The summed E-state index contributed by atoms with van der Waals surface area (Å²) in [6, 6.07) is 7.22. The van der Waals surface area contributed by atoms with Crippen molar-refractivity contribution < 1.29 is 0 Å². The number of hydrogen-bond acceptors (Lipinski definition) is 3. The highest BCUT2D eigenvalue weighted by Crippen LogP contribution is 2.16. The van der Waals surface area contributed by atoms with E-state index in [0.29, 0.717) is 11.0 Å². The Morgan fingerprint density at radius 2 is 2.00 bits per heavy atom. The van der Waals surface area contributed by atoms with Gasteiger partial charge < -0.3 is 5.32 Å². The lowest BCUT2D eigenvalue weighted by Crippen LogP contribution is -2.18. The summed E-state index contributed by atoms with van der Waals surface area (Å²) in [5.74, 6) is 0.449. The van der Waals surface area contributed by atoms with Crippen LogP contribution in [0.3, 0.4) is 0 Å². The smallest absolute Gasteiger partial charge is 0.255 e. The van der Waals surface area contributed by atoms with E-state index in [2.05, 4.69) is 15.3 Å². The first-order valence-corrected chi connectivity index (χ1v) is 6.60. The Labute approximate surface area is 116 Å². The van der Waals surface area contributed by atoms with Crippen LogP contribution in [0.5, 0.6) is 0 Å². The largest absolute Gasteiger partial charge is 0.326 e. The van der Waals surface area contributed by atoms with Gasteiger partial charge in [-0.1, -0.05) is 24.9 Å². The Balaban J connectivity index is 2.27. The molecular formula is C14H16ClN3O. The first kappa shape index (κ1) is 13.6. The lowest BCUT2D eigenvalue weighted by atomic mass is 10.1. The van der Waals surface area contributed by atoms with E-state index in [9.17, 15) is 4.79 Å². The second kappa shape index (κ2) is 5.89. The minimum atomic E-state index is -0.0780. The van der Waals surface area contributed by atoms with Crippen molar-refractivity contribution in [1.29, 1.82) is 0 Å². The van der Waals surface area contributed by atoms with E-state index >= 15 is 0 Å². The molecule has 0 unspecified atom stereocenters. The zero-order valence-corrected chi connectivity index (χ0v) is 11.7. The van der Waals surface area contributed by atoms with Gasteiger partial charge in [0.15, 0.2) is 0 Å². The second-order valence-corrected chi connectivity index (χ2v) is 4.80. The number of aryl methyl sites for hydroxylation is 1. The van der Waals surface area contributed by atoms with Crippen molar-refractivity contribution in [3.63, 3.8) is 0 Å². The predicted octanol–water partition coefficient (Wildman–Crippen LogP) is 3.43. The molecule has 19 heavy (non-hydrogen) atoms. The maximum atomic E-state index is 11.9. The fraction of sp³-hybridized carbons (Fsp3) is 0.286. The van der Waals surface area contributed by atoms with Gasteiger partial charge in [-0.15, -0.1) is 0 Å². The molecular weight excluding hydrogens is 262 g/mol. The number of aromatic nitrogens is 2. The third-order valence-electron chi connectivity index (χ3n) is 2.83. The summed E-state index contributed by atoms with van der Waals surface area (Å²) in [4.78, 5) is 19.1. The van der Waals surface area contributed by atoms with Crippen LogP contribution >= 0.6 is 11.6 Å². The van der Waals surface area contributed by atoms with Crippen LogP contribution < -0.4 is 10.9 Å². The normalized spacial score (nSPS) is 10.5. The number of halogens is 1. The molecule has 100 valence electrons. The van der Waals surface area contributed by atoms with Crippen LogP contribution in [0, 0.1) is 6.92 Å². The number of aromatic amines is 1. The maximum Gasteiger partial charge on any atom is 0.255 e. The van der Waals surface area contributed by atoms with Crippen LogP contribution in [0.2, 0.25) is 5.02 Å². The fourth-order valence-corrected chi connectivity index (χ4v) is 2.01. The van der Waals surface area contributed by atoms with E-state index in [1.54, 1.807) is 12.1 Å². The van der Waals surface area contributed by atoms with Gasteiger partial charge in [0.05, 0.1) is 0 Å². The Kier molecular flexibility index (Phi) is 4.22. The highest BCUT2D eigenvalue weighted by molar-refractivity contribution is 6.30. The minimum absolute atomic E-state index is 0.0780. The monoisotopic (exact) mass is 277 g/mol. The molecule has 0 saturated heterocycles.